The first-order chi connectivity index (χ1) is 14.5. The fourth-order valence-corrected chi connectivity index (χ4v) is 4.80. The van der Waals surface area contributed by atoms with Crippen LogP contribution in [0, 0.1) is 13.8 Å². The standard InChI is InChI=1S/C24H19N3O2S/c1-14-7-9-16(10-8-14)18-12-30-23-22(18)24(29)27(13-25-23)11-20(28)21-15(2)26-19-6-4-3-5-17(19)21/h3-10,12-13,26H,11H2,1-2H3. The van der Waals surface area contributed by atoms with Crippen LogP contribution in [0.2, 0.25) is 0 Å². The maximum atomic E-state index is 13.3. The predicted molar refractivity (Wildman–Crippen MR) is 121 cm³/mol. The lowest BCUT2D eigenvalue weighted by atomic mass is 10.0. The van der Waals surface area contributed by atoms with Gasteiger partial charge in [0, 0.05) is 33.1 Å². The molecule has 1 N–H and O–H groups in total. The van der Waals surface area contributed by atoms with Gasteiger partial charge in [0.05, 0.1) is 18.3 Å². The number of carbonyl (C=O) groups excluding carboxylic acids is 1. The van der Waals surface area contributed by atoms with Crippen LogP contribution in [0.4, 0.5) is 0 Å². The Bertz CT molecular complexity index is 1470. The Hall–Kier alpha value is -3.51. The number of fused-ring (bicyclic) bond motifs is 2. The lowest BCUT2D eigenvalue weighted by Crippen LogP contribution is -2.24. The zero-order chi connectivity index (χ0) is 20.8. The first-order valence-corrected chi connectivity index (χ1v) is 10.5. The monoisotopic (exact) mass is 413 g/mol. The van der Waals surface area contributed by atoms with Gasteiger partial charge in [-0.1, -0.05) is 48.0 Å². The van der Waals surface area contributed by atoms with Crippen LogP contribution in [0.15, 0.2) is 65.0 Å². The molecule has 2 aromatic carbocycles. The molecule has 148 valence electrons. The average Bonchev–Trinajstić information content (AvgIpc) is 3.31. The molecule has 0 saturated carbocycles. The Morgan fingerprint density at radius 1 is 1.10 bits per heavy atom. The van der Waals surface area contributed by atoms with E-state index in [0.29, 0.717) is 15.8 Å². The molecular formula is C24H19N3O2S. The van der Waals surface area contributed by atoms with Crippen molar-refractivity contribution in [3.63, 3.8) is 0 Å². The second kappa shape index (κ2) is 7.07. The van der Waals surface area contributed by atoms with Crippen LogP contribution in [0.3, 0.4) is 0 Å². The number of aryl methyl sites for hydroxylation is 2. The number of H-pyrrole nitrogens is 1. The molecule has 0 aliphatic carbocycles. The van der Waals surface area contributed by atoms with E-state index in [-0.39, 0.29) is 17.9 Å². The third kappa shape index (κ3) is 2.97. The normalized spacial score (nSPS) is 11.4. The van der Waals surface area contributed by atoms with Gasteiger partial charge in [0.25, 0.3) is 5.56 Å². The number of para-hydroxylation sites is 1. The fraction of sp³-hybridized carbons (Fsp3) is 0.125. The summed E-state index contributed by atoms with van der Waals surface area (Å²) in [5.41, 5.74) is 5.15. The van der Waals surface area contributed by atoms with E-state index in [0.717, 1.165) is 33.3 Å². The van der Waals surface area contributed by atoms with Crippen molar-refractivity contribution in [2.45, 2.75) is 20.4 Å². The van der Waals surface area contributed by atoms with E-state index in [4.69, 9.17) is 0 Å². The van der Waals surface area contributed by atoms with Gasteiger partial charge in [-0.25, -0.2) is 4.98 Å². The number of aromatic nitrogens is 3. The molecular weight excluding hydrogens is 394 g/mol. The summed E-state index contributed by atoms with van der Waals surface area (Å²) >= 11 is 1.44. The molecule has 3 aromatic heterocycles. The molecule has 0 aliphatic heterocycles. The topological polar surface area (TPSA) is 67.8 Å². The van der Waals surface area contributed by atoms with Gasteiger partial charge in [-0.2, -0.15) is 0 Å². The maximum Gasteiger partial charge on any atom is 0.263 e. The highest BCUT2D eigenvalue weighted by molar-refractivity contribution is 7.17. The molecule has 0 fully saturated rings. The minimum absolute atomic E-state index is 0.0480. The second-order valence-corrected chi connectivity index (χ2v) is 8.33. The third-order valence-corrected chi connectivity index (χ3v) is 6.30. The number of hydrogen-bond donors (Lipinski definition) is 1. The molecule has 0 bridgehead atoms. The minimum Gasteiger partial charge on any atom is -0.358 e. The smallest absolute Gasteiger partial charge is 0.263 e. The lowest BCUT2D eigenvalue weighted by Gasteiger charge is -2.06. The first kappa shape index (κ1) is 18.5. The van der Waals surface area contributed by atoms with Crippen LogP contribution < -0.4 is 5.56 Å². The molecule has 0 amide bonds. The number of aromatic amines is 1. The van der Waals surface area contributed by atoms with Crippen LogP contribution >= 0.6 is 11.3 Å². The number of carbonyl (C=O) groups is 1. The van der Waals surface area contributed by atoms with Crippen molar-refractivity contribution in [2.75, 3.05) is 0 Å². The molecule has 6 heteroatoms. The quantitative estimate of drug-likeness (QED) is 0.417. The molecule has 0 spiro atoms. The summed E-state index contributed by atoms with van der Waals surface area (Å²) in [4.78, 5) is 34.8. The number of ketones is 1. The molecule has 5 nitrogen and oxygen atoms in total. The van der Waals surface area contributed by atoms with Gasteiger partial charge < -0.3 is 4.98 Å². The van der Waals surface area contributed by atoms with Crippen LogP contribution in [-0.4, -0.2) is 20.3 Å². The Morgan fingerprint density at radius 2 is 1.87 bits per heavy atom. The maximum absolute atomic E-state index is 13.3. The van der Waals surface area contributed by atoms with E-state index in [1.165, 1.54) is 22.2 Å². The number of nitrogens with zero attached hydrogens (tertiary/aromatic N) is 2. The summed E-state index contributed by atoms with van der Waals surface area (Å²) in [6.45, 7) is 3.86. The number of nitrogens with one attached hydrogen (secondary N) is 1. The van der Waals surface area contributed by atoms with Crippen LogP contribution in [0.5, 0.6) is 0 Å². The molecule has 0 saturated heterocycles. The van der Waals surface area contributed by atoms with Crippen LogP contribution in [0.25, 0.3) is 32.2 Å². The Kier molecular flexibility index (Phi) is 4.37. The molecule has 0 atom stereocenters. The highest BCUT2D eigenvalue weighted by Crippen LogP contribution is 2.31. The van der Waals surface area contributed by atoms with Crippen molar-refractivity contribution in [1.82, 2.24) is 14.5 Å². The summed E-state index contributed by atoms with van der Waals surface area (Å²) in [6.07, 6.45) is 1.47. The van der Waals surface area contributed by atoms with Gasteiger partial charge in [0.1, 0.15) is 4.83 Å². The van der Waals surface area contributed by atoms with E-state index in [9.17, 15) is 9.59 Å². The highest BCUT2D eigenvalue weighted by Gasteiger charge is 2.19. The predicted octanol–water partition coefficient (Wildman–Crippen LogP) is 5.11. The fourth-order valence-electron chi connectivity index (χ4n) is 3.90. The van der Waals surface area contributed by atoms with Crippen molar-refractivity contribution in [3.05, 3.63) is 87.4 Å². The molecule has 3 heterocycles. The zero-order valence-electron chi connectivity index (χ0n) is 16.6. The van der Waals surface area contributed by atoms with Gasteiger partial charge in [0.15, 0.2) is 5.78 Å². The Morgan fingerprint density at radius 3 is 2.67 bits per heavy atom. The Labute approximate surface area is 176 Å². The van der Waals surface area contributed by atoms with E-state index < -0.39 is 0 Å². The van der Waals surface area contributed by atoms with Crippen LogP contribution in [-0.2, 0) is 6.54 Å². The largest absolute Gasteiger partial charge is 0.358 e. The van der Waals surface area contributed by atoms with Crippen molar-refractivity contribution in [2.24, 2.45) is 0 Å². The van der Waals surface area contributed by atoms with Crippen LogP contribution in [0.1, 0.15) is 21.6 Å². The summed E-state index contributed by atoms with van der Waals surface area (Å²) in [5.74, 6) is -0.111. The zero-order valence-corrected chi connectivity index (χ0v) is 17.4. The summed E-state index contributed by atoms with van der Waals surface area (Å²) in [7, 11) is 0. The van der Waals surface area contributed by atoms with Gasteiger partial charge in [-0.3, -0.25) is 14.2 Å². The van der Waals surface area contributed by atoms with Crippen molar-refractivity contribution in [1.29, 1.82) is 0 Å². The first-order valence-electron chi connectivity index (χ1n) is 9.67. The van der Waals surface area contributed by atoms with Crippen molar-refractivity contribution in [3.8, 4) is 11.1 Å². The van der Waals surface area contributed by atoms with Gasteiger partial charge in [-0.15, -0.1) is 11.3 Å². The summed E-state index contributed by atoms with van der Waals surface area (Å²) < 4.78 is 1.41. The SMILES string of the molecule is Cc1ccc(-c2csc3ncn(CC(=O)c4c(C)[nH]c5ccccc45)c(=O)c23)cc1. The summed E-state index contributed by atoms with van der Waals surface area (Å²) in [5, 5.41) is 3.40. The van der Waals surface area contributed by atoms with E-state index in [1.807, 2.05) is 67.8 Å². The van der Waals surface area contributed by atoms with Crippen molar-refractivity contribution < 1.29 is 4.79 Å². The van der Waals surface area contributed by atoms with Crippen molar-refractivity contribution >= 4 is 38.2 Å². The van der Waals surface area contributed by atoms with E-state index in [1.54, 1.807) is 0 Å². The average molecular weight is 414 g/mol. The number of hydrogen-bond acceptors (Lipinski definition) is 4. The Balaban J connectivity index is 1.58. The van der Waals surface area contributed by atoms with Gasteiger partial charge >= 0.3 is 0 Å². The number of Topliss-reactive ketones (excluding diaryl/α,β-unsaturated/α-hetero) is 1. The molecule has 0 unspecified atom stereocenters. The number of rotatable bonds is 4. The van der Waals surface area contributed by atoms with Gasteiger partial charge in [-0.05, 0) is 25.5 Å². The lowest BCUT2D eigenvalue weighted by molar-refractivity contribution is 0.0971. The molecule has 0 radical (unpaired) electrons. The summed E-state index contributed by atoms with van der Waals surface area (Å²) in [6, 6.07) is 15.8. The molecule has 5 aromatic rings. The second-order valence-electron chi connectivity index (χ2n) is 7.47. The molecule has 30 heavy (non-hydrogen) atoms. The third-order valence-electron chi connectivity index (χ3n) is 5.41. The molecule has 5 rings (SSSR count). The minimum atomic E-state index is -0.192. The highest BCUT2D eigenvalue weighted by atomic mass is 32.1. The van der Waals surface area contributed by atoms with Gasteiger partial charge in [0.2, 0.25) is 0 Å². The van der Waals surface area contributed by atoms with E-state index >= 15 is 0 Å². The number of benzene rings is 2. The number of thiophene rings is 1. The van der Waals surface area contributed by atoms with E-state index in [2.05, 4.69) is 9.97 Å². The molecule has 0 aliphatic rings.